The third-order valence-corrected chi connectivity index (χ3v) is 5.16. The normalized spacial score (nSPS) is 12.9. The molecule has 0 unspecified atom stereocenters. The maximum atomic E-state index is 13.3. The van der Waals surface area contributed by atoms with Gasteiger partial charge in [0.15, 0.2) is 0 Å². The number of hydrogen-bond donors (Lipinski definition) is 0. The molecule has 20 heavy (non-hydrogen) atoms. The Morgan fingerprint density at radius 2 is 1.00 bits per heavy atom. The summed E-state index contributed by atoms with van der Waals surface area (Å²) in [6.45, 7) is 5.78. The molecule has 0 bridgehead atoms. The fourth-order valence-electron chi connectivity index (χ4n) is 1.42. The van der Waals surface area contributed by atoms with Gasteiger partial charge < -0.3 is 13.3 Å². The van der Waals surface area contributed by atoms with Crippen LogP contribution in [-0.4, -0.2) is 34.4 Å². The molecule has 0 heterocycles. The number of hydrogen-bond acceptors (Lipinski definition) is 3. The van der Waals surface area contributed by atoms with Gasteiger partial charge in [0, 0.05) is 19.8 Å². The fourth-order valence-corrected chi connectivity index (χ4v) is 3.40. The lowest BCUT2D eigenvalue weighted by molar-refractivity contribution is -0.135. The summed E-state index contributed by atoms with van der Waals surface area (Å²) in [7, 11) is -4.61. The van der Waals surface area contributed by atoms with Crippen molar-refractivity contribution in [3.63, 3.8) is 0 Å². The lowest BCUT2D eigenvalue weighted by atomic mass is 10.4. The van der Waals surface area contributed by atoms with Crippen LogP contribution in [0, 0.1) is 0 Å². The van der Waals surface area contributed by atoms with E-state index in [9.17, 15) is 13.2 Å². The average molecular weight is 316 g/mol. The summed E-state index contributed by atoms with van der Waals surface area (Å²) >= 11 is 0. The highest BCUT2D eigenvalue weighted by atomic mass is 28.4. The van der Waals surface area contributed by atoms with E-state index in [0.29, 0.717) is 19.3 Å². The maximum Gasteiger partial charge on any atom is 0.616 e. The molecule has 0 aliphatic rings. The van der Waals surface area contributed by atoms with E-state index >= 15 is 0 Å². The quantitative estimate of drug-likeness (QED) is 0.392. The molecule has 0 aromatic rings. The minimum Gasteiger partial charge on any atom is -0.368 e. The standard InChI is InChI=1S/C13H27F3O3Si/c1-4-7-10-17-20(13(14,15)16,18-11-8-5-2)19-12-9-6-3/h4-12H2,1-3H3. The number of alkyl halides is 3. The van der Waals surface area contributed by atoms with Gasteiger partial charge in [-0.1, -0.05) is 40.0 Å². The first kappa shape index (κ1) is 19.9. The van der Waals surface area contributed by atoms with Gasteiger partial charge in [-0.05, 0) is 19.3 Å². The Kier molecular flexibility index (Phi) is 10.5. The minimum atomic E-state index is -4.61. The summed E-state index contributed by atoms with van der Waals surface area (Å²) < 4.78 is 55.3. The fraction of sp³-hybridized carbons (Fsp3) is 1.00. The molecule has 0 spiro atoms. The molecule has 0 N–H and O–H groups in total. The molecule has 0 aliphatic heterocycles. The van der Waals surface area contributed by atoms with Gasteiger partial charge in [-0.15, -0.1) is 0 Å². The Hall–Kier alpha value is -0.113. The Morgan fingerprint density at radius 3 is 1.20 bits per heavy atom. The van der Waals surface area contributed by atoms with Crippen LogP contribution in [0.2, 0.25) is 0 Å². The second-order valence-electron chi connectivity index (χ2n) is 4.66. The van der Waals surface area contributed by atoms with Gasteiger partial charge in [0.25, 0.3) is 0 Å². The van der Waals surface area contributed by atoms with E-state index in [-0.39, 0.29) is 19.8 Å². The summed E-state index contributed by atoms with van der Waals surface area (Å²) in [4.78, 5) is 0. The molecule has 3 nitrogen and oxygen atoms in total. The van der Waals surface area contributed by atoms with Gasteiger partial charge in [0.1, 0.15) is 0 Å². The molecule has 0 aliphatic carbocycles. The Morgan fingerprint density at radius 1 is 0.700 bits per heavy atom. The molecule has 0 rings (SSSR count). The third-order valence-electron chi connectivity index (χ3n) is 2.72. The van der Waals surface area contributed by atoms with Crippen LogP contribution < -0.4 is 0 Å². The highest BCUT2D eigenvalue weighted by molar-refractivity contribution is 6.62. The van der Waals surface area contributed by atoms with E-state index in [1.165, 1.54) is 0 Å². The van der Waals surface area contributed by atoms with Gasteiger partial charge in [0.2, 0.25) is 0 Å². The molecule has 0 atom stereocenters. The van der Waals surface area contributed by atoms with Crippen LogP contribution in [-0.2, 0) is 13.3 Å². The average Bonchev–Trinajstić information content (AvgIpc) is 2.37. The first-order valence-electron chi connectivity index (χ1n) is 7.42. The zero-order valence-corrected chi connectivity index (χ0v) is 13.7. The predicted molar refractivity (Wildman–Crippen MR) is 74.4 cm³/mol. The maximum absolute atomic E-state index is 13.3. The molecular weight excluding hydrogens is 289 g/mol. The van der Waals surface area contributed by atoms with Crippen LogP contribution in [0.25, 0.3) is 0 Å². The van der Waals surface area contributed by atoms with Crippen LogP contribution in [0.1, 0.15) is 59.3 Å². The van der Waals surface area contributed by atoms with Crippen molar-refractivity contribution in [3.8, 4) is 0 Å². The lowest BCUT2D eigenvalue weighted by Crippen LogP contribution is -2.59. The molecule has 0 amide bonds. The first-order valence-corrected chi connectivity index (χ1v) is 9.14. The molecule has 0 aromatic carbocycles. The minimum absolute atomic E-state index is 0.0283. The highest BCUT2D eigenvalue weighted by Gasteiger charge is 2.66. The third kappa shape index (κ3) is 7.06. The highest BCUT2D eigenvalue weighted by Crippen LogP contribution is 2.32. The molecule has 122 valence electrons. The van der Waals surface area contributed by atoms with E-state index in [0.717, 1.165) is 19.3 Å². The summed E-state index contributed by atoms with van der Waals surface area (Å²) in [5.41, 5.74) is 0. The molecule has 0 saturated heterocycles. The molecule has 0 radical (unpaired) electrons. The second kappa shape index (κ2) is 10.6. The van der Waals surface area contributed by atoms with Crippen LogP contribution in [0.5, 0.6) is 0 Å². The van der Waals surface area contributed by atoms with Gasteiger partial charge >= 0.3 is 14.6 Å². The van der Waals surface area contributed by atoms with E-state index < -0.39 is 14.6 Å². The summed E-state index contributed by atoms with van der Waals surface area (Å²) in [5, 5.41) is 0. The van der Waals surface area contributed by atoms with E-state index in [2.05, 4.69) is 0 Å². The van der Waals surface area contributed by atoms with E-state index in [4.69, 9.17) is 13.3 Å². The predicted octanol–water partition coefficient (Wildman–Crippen LogP) is 4.48. The van der Waals surface area contributed by atoms with Crippen molar-refractivity contribution in [2.75, 3.05) is 19.8 Å². The molecule has 0 saturated carbocycles. The van der Waals surface area contributed by atoms with Crippen LogP contribution in [0.15, 0.2) is 0 Å². The Bertz CT molecular complexity index is 211. The smallest absolute Gasteiger partial charge is 0.368 e. The van der Waals surface area contributed by atoms with Crippen molar-refractivity contribution < 1.29 is 26.4 Å². The zero-order valence-electron chi connectivity index (χ0n) is 12.7. The van der Waals surface area contributed by atoms with E-state index in [1.807, 2.05) is 20.8 Å². The van der Waals surface area contributed by atoms with E-state index in [1.54, 1.807) is 0 Å². The van der Waals surface area contributed by atoms with Crippen molar-refractivity contribution in [1.82, 2.24) is 0 Å². The van der Waals surface area contributed by atoms with Gasteiger partial charge in [-0.25, -0.2) is 0 Å². The molecule has 0 fully saturated rings. The van der Waals surface area contributed by atoms with Crippen molar-refractivity contribution in [3.05, 3.63) is 0 Å². The van der Waals surface area contributed by atoms with Crippen molar-refractivity contribution in [2.45, 2.75) is 65.1 Å². The number of halogens is 3. The van der Waals surface area contributed by atoms with Crippen LogP contribution >= 0.6 is 0 Å². The molecule has 7 heteroatoms. The Labute approximate surface area is 121 Å². The van der Waals surface area contributed by atoms with Crippen molar-refractivity contribution >= 4 is 8.80 Å². The first-order chi connectivity index (χ1) is 9.43. The second-order valence-corrected chi connectivity index (χ2v) is 7.21. The van der Waals surface area contributed by atoms with Crippen molar-refractivity contribution in [2.24, 2.45) is 0 Å². The zero-order chi connectivity index (χ0) is 15.5. The monoisotopic (exact) mass is 316 g/mol. The molecular formula is C13H27F3O3Si. The molecule has 0 aromatic heterocycles. The number of unbranched alkanes of at least 4 members (excludes halogenated alkanes) is 3. The van der Waals surface area contributed by atoms with Crippen LogP contribution in [0.3, 0.4) is 0 Å². The summed E-state index contributed by atoms with van der Waals surface area (Å²) in [5.74, 6) is -4.57. The lowest BCUT2D eigenvalue weighted by Gasteiger charge is -2.31. The largest absolute Gasteiger partial charge is 0.616 e. The topological polar surface area (TPSA) is 27.7 Å². The van der Waals surface area contributed by atoms with Gasteiger partial charge in [-0.2, -0.15) is 13.2 Å². The summed E-state index contributed by atoms with van der Waals surface area (Å²) in [6, 6.07) is 0. The Balaban J connectivity index is 4.77. The summed E-state index contributed by atoms with van der Waals surface area (Å²) in [6.07, 6.45) is 4.02. The SMILES string of the molecule is CCCCO[Si](OCCCC)(OCCCC)C(F)(F)F. The van der Waals surface area contributed by atoms with Crippen molar-refractivity contribution in [1.29, 1.82) is 0 Å². The van der Waals surface area contributed by atoms with Gasteiger partial charge in [0.05, 0.1) is 0 Å². The number of rotatable bonds is 12. The van der Waals surface area contributed by atoms with Crippen LogP contribution in [0.4, 0.5) is 13.2 Å². The van der Waals surface area contributed by atoms with Gasteiger partial charge in [-0.3, -0.25) is 0 Å².